The number of carbonyl (C=O) groups is 2. The van der Waals surface area contributed by atoms with Crippen LogP contribution in [0, 0.1) is 5.92 Å². The monoisotopic (exact) mass is 379 g/mol. The van der Waals surface area contributed by atoms with Crippen LogP contribution in [0.25, 0.3) is 0 Å². The lowest BCUT2D eigenvalue weighted by Gasteiger charge is -2.31. The molecule has 1 saturated heterocycles. The Kier molecular flexibility index (Phi) is 6.02. The molecule has 5 heteroatoms. The number of benzene rings is 2. The summed E-state index contributed by atoms with van der Waals surface area (Å²) in [6.45, 7) is 7.67. The number of anilines is 2. The third-order valence-electron chi connectivity index (χ3n) is 5.20. The molecule has 1 fully saturated rings. The number of piperidine rings is 1. The van der Waals surface area contributed by atoms with E-state index in [1.54, 1.807) is 4.90 Å². The van der Waals surface area contributed by atoms with Crippen molar-refractivity contribution in [2.24, 2.45) is 5.92 Å². The van der Waals surface area contributed by atoms with Gasteiger partial charge in [-0.1, -0.05) is 51.1 Å². The zero-order valence-electron chi connectivity index (χ0n) is 16.9. The molecule has 2 aromatic carbocycles. The quantitative estimate of drug-likeness (QED) is 0.799. The molecule has 3 rings (SSSR count). The van der Waals surface area contributed by atoms with Crippen molar-refractivity contribution in [3.8, 4) is 0 Å². The number of urea groups is 1. The van der Waals surface area contributed by atoms with Gasteiger partial charge in [0.25, 0.3) is 0 Å². The van der Waals surface area contributed by atoms with Crippen molar-refractivity contribution in [1.82, 2.24) is 4.90 Å². The molecule has 1 aliphatic rings. The number of likely N-dealkylation sites (tertiary alicyclic amines) is 1. The van der Waals surface area contributed by atoms with E-state index >= 15 is 0 Å². The third-order valence-corrected chi connectivity index (χ3v) is 5.20. The van der Waals surface area contributed by atoms with Gasteiger partial charge in [-0.3, -0.25) is 4.79 Å². The molecule has 2 aromatic rings. The van der Waals surface area contributed by atoms with Gasteiger partial charge < -0.3 is 15.5 Å². The summed E-state index contributed by atoms with van der Waals surface area (Å²) >= 11 is 0. The van der Waals surface area contributed by atoms with Crippen LogP contribution in [0.4, 0.5) is 16.2 Å². The van der Waals surface area contributed by atoms with E-state index in [2.05, 4.69) is 43.5 Å². The van der Waals surface area contributed by atoms with E-state index in [0.717, 1.165) is 11.4 Å². The summed E-state index contributed by atoms with van der Waals surface area (Å²) in [6.07, 6.45) is 1.35. The predicted octanol–water partition coefficient (Wildman–Crippen LogP) is 4.87. The molecule has 5 nitrogen and oxygen atoms in total. The topological polar surface area (TPSA) is 61.4 Å². The first-order chi connectivity index (χ1) is 13.3. The van der Waals surface area contributed by atoms with E-state index in [0.29, 0.717) is 25.9 Å². The van der Waals surface area contributed by atoms with Crippen LogP contribution in [-0.2, 0) is 10.2 Å². The molecular weight excluding hydrogens is 350 g/mol. The summed E-state index contributed by atoms with van der Waals surface area (Å²) < 4.78 is 0. The van der Waals surface area contributed by atoms with Gasteiger partial charge in [-0.15, -0.1) is 0 Å². The molecule has 0 spiro atoms. The molecule has 0 aromatic heterocycles. The highest BCUT2D eigenvalue weighted by atomic mass is 16.2. The maximum atomic E-state index is 12.6. The van der Waals surface area contributed by atoms with Crippen LogP contribution in [0.1, 0.15) is 39.2 Å². The minimum atomic E-state index is -0.108. The van der Waals surface area contributed by atoms with Gasteiger partial charge in [0.05, 0.1) is 0 Å². The fourth-order valence-electron chi connectivity index (χ4n) is 3.37. The van der Waals surface area contributed by atoms with E-state index in [-0.39, 0.29) is 23.3 Å². The van der Waals surface area contributed by atoms with E-state index in [9.17, 15) is 9.59 Å². The van der Waals surface area contributed by atoms with E-state index in [4.69, 9.17) is 0 Å². The fourth-order valence-corrected chi connectivity index (χ4v) is 3.37. The fraction of sp³-hybridized carbons (Fsp3) is 0.391. The van der Waals surface area contributed by atoms with Crippen molar-refractivity contribution in [2.75, 3.05) is 23.7 Å². The number of nitrogens with zero attached hydrogens (tertiary/aromatic N) is 1. The molecular formula is C23H29N3O2. The molecule has 28 heavy (non-hydrogen) atoms. The Balaban J connectivity index is 1.49. The summed E-state index contributed by atoms with van der Waals surface area (Å²) in [5, 5.41) is 5.92. The minimum absolute atomic E-state index is 0.0339. The zero-order chi connectivity index (χ0) is 20.1. The van der Waals surface area contributed by atoms with Gasteiger partial charge in [-0.05, 0) is 48.1 Å². The van der Waals surface area contributed by atoms with Gasteiger partial charge in [-0.25, -0.2) is 4.79 Å². The maximum absolute atomic E-state index is 12.6. The van der Waals surface area contributed by atoms with Gasteiger partial charge in [-0.2, -0.15) is 0 Å². The molecule has 1 aliphatic heterocycles. The number of hydrogen-bond acceptors (Lipinski definition) is 2. The Morgan fingerprint density at radius 2 is 1.43 bits per heavy atom. The highest BCUT2D eigenvalue weighted by Gasteiger charge is 2.27. The standard InChI is InChI=1S/C23H29N3O2/c1-23(2,3)18-9-11-20(12-10-18)24-21(27)17-13-15-26(16-14-17)22(28)25-19-7-5-4-6-8-19/h4-12,17H,13-16H2,1-3H3,(H,24,27)(H,25,28). The molecule has 0 saturated carbocycles. The average molecular weight is 380 g/mol. The van der Waals surface area contributed by atoms with E-state index < -0.39 is 0 Å². The summed E-state index contributed by atoms with van der Waals surface area (Å²) in [5.74, 6) is -0.0327. The van der Waals surface area contributed by atoms with Crippen LogP contribution in [0.5, 0.6) is 0 Å². The summed E-state index contributed by atoms with van der Waals surface area (Å²) in [7, 11) is 0. The second kappa shape index (κ2) is 8.46. The first-order valence-electron chi connectivity index (χ1n) is 9.85. The number of para-hydroxylation sites is 1. The van der Waals surface area contributed by atoms with E-state index in [1.165, 1.54) is 5.56 Å². The normalized spacial score (nSPS) is 15.2. The van der Waals surface area contributed by atoms with Crippen LogP contribution in [0.3, 0.4) is 0 Å². The van der Waals surface area contributed by atoms with Gasteiger partial charge in [0.15, 0.2) is 0 Å². The van der Waals surface area contributed by atoms with Crippen LogP contribution in [-0.4, -0.2) is 29.9 Å². The van der Waals surface area contributed by atoms with Crippen LogP contribution >= 0.6 is 0 Å². The molecule has 0 aliphatic carbocycles. The lowest BCUT2D eigenvalue weighted by Crippen LogP contribution is -2.43. The Morgan fingerprint density at radius 3 is 2.00 bits per heavy atom. The SMILES string of the molecule is CC(C)(C)c1ccc(NC(=O)C2CCN(C(=O)Nc3ccccc3)CC2)cc1. The Morgan fingerprint density at radius 1 is 0.857 bits per heavy atom. The Hall–Kier alpha value is -2.82. The molecule has 0 unspecified atom stereocenters. The second-order valence-electron chi connectivity index (χ2n) is 8.37. The predicted molar refractivity (Wildman–Crippen MR) is 114 cm³/mol. The molecule has 0 atom stereocenters. The third kappa shape index (κ3) is 5.12. The van der Waals surface area contributed by atoms with Crippen LogP contribution in [0.15, 0.2) is 54.6 Å². The maximum Gasteiger partial charge on any atom is 0.321 e. The van der Waals surface area contributed by atoms with Crippen LogP contribution in [0.2, 0.25) is 0 Å². The van der Waals surface area contributed by atoms with Crippen molar-refractivity contribution < 1.29 is 9.59 Å². The smallest absolute Gasteiger partial charge is 0.321 e. The van der Waals surface area contributed by atoms with Gasteiger partial charge >= 0.3 is 6.03 Å². The number of hydrogen-bond donors (Lipinski definition) is 2. The van der Waals surface area contributed by atoms with Gasteiger partial charge in [0, 0.05) is 30.4 Å². The van der Waals surface area contributed by atoms with Crippen molar-refractivity contribution in [3.63, 3.8) is 0 Å². The lowest BCUT2D eigenvalue weighted by molar-refractivity contribution is -0.121. The average Bonchev–Trinajstić information content (AvgIpc) is 2.68. The molecule has 2 N–H and O–H groups in total. The summed E-state index contributed by atoms with van der Waals surface area (Å²) in [6, 6.07) is 17.4. The first kappa shape index (κ1) is 19.9. The Labute approximate surface area is 167 Å². The molecule has 0 bridgehead atoms. The van der Waals surface area contributed by atoms with Gasteiger partial charge in [0.2, 0.25) is 5.91 Å². The molecule has 1 heterocycles. The van der Waals surface area contributed by atoms with Crippen molar-refractivity contribution in [2.45, 2.75) is 39.0 Å². The van der Waals surface area contributed by atoms with Crippen molar-refractivity contribution in [1.29, 1.82) is 0 Å². The Bertz CT molecular complexity index is 802. The number of carbonyl (C=O) groups excluding carboxylic acids is 2. The van der Waals surface area contributed by atoms with Crippen molar-refractivity contribution >= 4 is 23.3 Å². The number of rotatable bonds is 3. The summed E-state index contributed by atoms with van der Waals surface area (Å²) in [5.41, 5.74) is 2.94. The molecule has 148 valence electrons. The van der Waals surface area contributed by atoms with Crippen molar-refractivity contribution in [3.05, 3.63) is 60.2 Å². The largest absolute Gasteiger partial charge is 0.326 e. The lowest BCUT2D eigenvalue weighted by atomic mass is 9.87. The molecule has 3 amide bonds. The zero-order valence-corrected chi connectivity index (χ0v) is 16.9. The summed E-state index contributed by atoms with van der Waals surface area (Å²) in [4.78, 5) is 26.7. The number of amides is 3. The van der Waals surface area contributed by atoms with E-state index in [1.807, 2.05) is 42.5 Å². The second-order valence-corrected chi connectivity index (χ2v) is 8.37. The minimum Gasteiger partial charge on any atom is -0.326 e. The highest BCUT2D eigenvalue weighted by molar-refractivity contribution is 5.93. The van der Waals surface area contributed by atoms with Gasteiger partial charge in [0.1, 0.15) is 0 Å². The molecule has 0 radical (unpaired) electrons. The highest BCUT2D eigenvalue weighted by Crippen LogP contribution is 2.25. The van der Waals surface area contributed by atoms with Crippen LogP contribution < -0.4 is 10.6 Å². The first-order valence-corrected chi connectivity index (χ1v) is 9.85. The number of nitrogens with one attached hydrogen (secondary N) is 2.